The van der Waals surface area contributed by atoms with Crippen molar-refractivity contribution in [2.75, 3.05) is 23.8 Å². The number of amides is 1. The van der Waals surface area contributed by atoms with Gasteiger partial charge in [0.05, 0.1) is 12.2 Å². The Bertz CT molecular complexity index is 780. The van der Waals surface area contributed by atoms with Crippen LogP contribution in [-0.4, -0.2) is 19.5 Å². The molecule has 4 nitrogen and oxygen atoms in total. The van der Waals surface area contributed by atoms with E-state index in [9.17, 15) is 9.18 Å². The molecular weight excluding hydrogens is 293 g/mol. The zero-order valence-corrected chi connectivity index (χ0v) is 13.4. The largest absolute Gasteiger partial charge is 0.364 e. The van der Waals surface area contributed by atoms with Crippen molar-refractivity contribution < 1.29 is 9.18 Å². The van der Waals surface area contributed by atoms with E-state index in [2.05, 4.69) is 5.32 Å². The number of likely N-dealkylation sites (N-methyl/N-ethyl adjacent to an activating group) is 1. The number of carbonyl (C=O) groups is 1. The lowest BCUT2D eigenvalue weighted by Gasteiger charge is -2.20. The van der Waals surface area contributed by atoms with Crippen LogP contribution in [0.25, 0.3) is 0 Å². The van der Waals surface area contributed by atoms with Crippen molar-refractivity contribution in [3.05, 3.63) is 58.9 Å². The molecule has 2 aromatic rings. The molecule has 2 aromatic carbocycles. The van der Waals surface area contributed by atoms with Crippen molar-refractivity contribution in [1.29, 1.82) is 5.26 Å². The quantitative estimate of drug-likeness (QED) is 0.941. The van der Waals surface area contributed by atoms with E-state index in [1.807, 2.05) is 38.1 Å². The highest BCUT2D eigenvalue weighted by atomic mass is 19.1. The number of hydrogen-bond donors (Lipinski definition) is 1. The van der Waals surface area contributed by atoms with E-state index in [4.69, 9.17) is 5.26 Å². The van der Waals surface area contributed by atoms with Crippen LogP contribution in [0.4, 0.5) is 15.8 Å². The smallest absolute Gasteiger partial charge is 0.243 e. The molecule has 0 aromatic heterocycles. The monoisotopic (exact) mass is 311 g/mol. The predicted octanol–water partition coefficient (Wildman–Crippen LogP) is 3.39. The average Bonchev–Trinajstić information content (AvgIpc) is 2.51. The van der Waals surface area contributed by atoms with Gasteiger partial charge in [0, 0.05) is 12.7 Å². The van der Waals surface area contributed by atoms with Crippen molar-refractivity contribution in [3.63, 3.8) is 0 Å². The maximum absolute atomic E-state index is 13.6. The van der Waals surface area contributed by atoms with Crippen LogP contribution >= 0.6 is 0 Å². The molecular formula is C18H18FN3O. The predicted molar refractivity (Wildman–Crippen MR) is 88.9 cm³/mol. The molecule has 0 spiro atoms. The normalized spacial score (nSPS) is 10.0. The number of nitriles is 1. The molecule has 0 saturated carbocycles. The van der Waals surface area contributed by atoms with Crippen molar-refractivity contribution in [3.8, 4) is 6.07 Å². The summed E-state index contributed by atoms with van der Waals surface area (Å²) in [6.45, 7) is 3.93. The Balaban J connectivity index is 2.13. The van der Waals surface area contributed by atoms with E-state index in [1.165, 1.54) is 12.1 Å². The van der Waals surface area contributed by atoms with Crippen LogP contribution in [0, 0.1) is 31.0 Å². The molecule has 0 bridgehead atoms. The molecule has 0 radical (unpaired) electrons. The van der Waals surface area contributed by atoms with Gasteiger partial charge >= 0.3 is 0 Å². The second-order valence-corrected chi connectivity index (χ2v) is 5.40. The zero-order valence-electron chi connectivity index (χ0n) is 13.4. The third-order valence-electron chi connectivity index (χ3n) is 3.77. The third kappa shape index (κ3) is 3.67. The Morgan fingerprint density at radius 2 is 1.96 bits per heavy atom. The maximum Gasteiger partial charge on any atom is 0.243 e. The van der Waals surface area contributed by atoms with Gasteiger partial charge in [0.15, 0.2) is 0 Å². The van der Waals surface area contributed by atoms with Gasteiger partial charge in [-0.3, -0.25) is 4.79 Å². The summed E-state index contributed by atoms with van der Waals surface area (Å²) in [5.41, 5.74) is 3.18. The first-order chi connectivity index (χ1) is 10.9. The van der Waals surface area contributed by atoms with E-state index in [0.29, 0.717) is 5.69 Å². The first kappa shape index (κ1) is 16.5. The van der Waals surface area contributed by atoms with Crippen LogP contribution in [0.5, 0.6) is 0 Å². The summed E-state index contributed by atoms with van der Waals surface area (Å²) in [6, 6.07) is 11.9. The molecule has 5 heteroatoms. The van der Waals surface area contributed by atoms with Gasteiger partial charge in [-0.2, -0.15) is 5.26 Å². The molecule has 0 aliphatic carbocycles. The second kappa shape index (κ2) is 6.93. The molecule has 118 valence electrons. The number of rotatable bonds is 4. The second-order valence-electron chi connectivity index (χ2n) is 5.40. The minimum absolute atomic E-state index is 0.0194. The van der Waals surface area contributed by atoms with Gasteiger partial charge in [-0.05, 0) is 43.2 Å². The van der Waals surface area contributed by atoms with Crippen molar-refractivity contribution in [2.45, 2.75) is 13.8 Å². The van der Waals surface area contributed by atoms with Crippen LogP contribution in [0.15, 0.2) is 36.4 Å². The molecule has 23 heavy (non-hydrogen) atoms. The lowest BCUT2D eigenvalue weighted by Crippen LogP contribution is -2.30. The molecule has 1 amide bonds. The Kier molecular flexibility index (Phi) is 4.97. The third-order valence-corrected chi connectivity index (χ3v) is 3.77. The van der Waals surface area contributed by atoms with E-state index in [0.717, 1.165) is 16.8 Å². The number of halogens is 1. The molecule has 0 aliphatic rings. The fourth-order valence-electron chi connectivity index (χ4n) is 2.32. The van der Waals surface area contributed by atoms with Crippen LogP contribution < -0.4 is 10.2 Å². The Morgan fingerprint density at radius 1 is 1.26 bits per heavy atom. The van der Waals surface area contributed by atoms with Crippen molar-refractivity contribution in [1.82, 2.24) is 0 Å². The molecule has 0 saturated heterocycles. The molecule has 0 fully saturated rings. The Morgan fingerprint density at radius 3 is 2.65 bits per heavy atom. The number of nitrogens with one attached hydrogen (secondary N) is 1. The molecule has 1 N–H and O–H groups in total. The van der Waals surface area contributed by atoms with Crippen molar-refractivity contribution >= 4 is 17.3 Å². The van der Waals surface area contributed by atoms with Crippen LogP contribution in [0.2, 0.25) is 0 Å². The van der Waals surface area contributed by atoms with E-state index >= 15 is 0 Å². The number of benzene rings is 2. The van der Waals surface area contributed by atoms with Gasteiger partial charge in [-0.1, -0.05) is 18.2 Å². The van der Waals surface area contributed by atoms with Gasteiger partial charge in [-0.25, -0.2) is 4.39 Å². The molecule has 2 rings (SSSR count). The first-order valence-corrected chi connectivity index (χ1v) is 7.20. The molecule has 0 aliphatic heterocycles. The van der Waals surface area contributed by atoms with Crippen LogP contribution in [-0.2, 0) is 4.79 Å². The zero-order chi connectivity index (χ0) is 17.0. The van der Waals surface area contributed by atoms with Gasteiger partial charge in [0.1, 0.15) is 17.4 Å². The highest BCUT2D eigenvalue weighted by Crippen LogP contribution is 2.22. The fourth-order valence-corrected chi connectivity index (χ4v) is 2.32. The SMILES string of the molecule is Cc1cccc(NC(=O)CN(C)c2cccc(F)c2C#N)c1C. The van der Waals surface area contributed by atoms with Gasteiger partial charge in [0.25, 0.3) is 0 Å². The van der Waals surface area contributed by atoms with E-state index in [1.54, 1.807) is 18.0 Å². The maximum atomic E-state index is 13.6. The van der Waals surface area contributed by atoms with Crippen LogP contribution in [0.1, 0.15) is 16.7 Å². The van der Waals surface area contributed by atoms with Crippen LogP contribution in [0.3, 0.4) is 0 Å². The summed E-state index contributed by atoms with van der Waals surface area (Å²) in [5, 5.41) is 11.9. The number of anilines is 2. The van der Waals surface area contributed by atoms with Gasteiger partial charge in [-0.15, -0.1) is 0 Å². The van der Waals surface area contributed by atoms with Crippen molar-refractivity contribution in [2.24, 2.45) is 0 Å². The highest BCUT2D eigenvalue weighted by Gasteiger charge is 2.15. The topological polar surface area (TPSA) is 56.1 Å². The number of aryl methyl sites for hydroxylation is 1. The minimum Gasteiger partial charge on any atom is -0.364 e. The van der Waals surface area contributed by atoms with E-state index in [-0.39, 0.29) is 18.0 Å². The lowest BCUT2D eigenvalue weighted by atomic mass is 10.1. The molecule has 0 heterocycles. The summed E-state index contributed by atoms with van der Waals surface area (Å²) in [4.78, 5) is 13.8. The Labute approximate surface area is 135 Å². The first-order valence-electron chi connectivity index (χ1n) is 7.20. The summed E-state index contributed by atoms with van der Waals surface area (Å²) < 4.78 is 13.6. The number of nitrogens with zero attached hydrogens (tertiary/aromatic N) is 2. The highest BCUT2D eigenvalue weighted by molar-refractivity contribution is 5.95. The molecule has 0 unspecified atom stereocenters. The Hall–Kier alpha value is -2.87. The number of hydrogen-bond acceptors (Lipinski definition) is 3. The van der Waals surface area contributed by atoms with Gasteiger partial charge in [0.2, 0.25) is 5.91 Å². The summed E-state index contributed by atoms with van der Waals surface area (Å²) in [6.07, 6.45) is 0. The summed E-state index contributed by atoms with van der Waals surface area (Å²) >= 11 is 0. The van der Waals surface area contributed by atoms with E-state index < -0.39 is 5.82 Å². The van der Waals surface area contributed by atoms with Gasteiger partial charge < -0.3 is 10.2 Å². The lowest BCUT2D eigenvalue weighted by molar-refractivity contribution is -0.114. The summed E-state index contributed by atoms with van der Waals surface area (Å²) in [5.74, 6) is -0.818. The number of carbonyl (C=O) groups excluding carboxylic acids is 1. The molecule has 0 atom stereocenters. The standard InChI is InChI=1S/C18H18FN3O/c1-12-6-4-8-16(13(12)2)21-18(23)11-22(3)17-9-5-7-15(19)14(17)10-20/h4-9H,11H2,1-3H3,(H,21,23). The summed E-state index contributed by atoms with van der Waals surface area (Å²) in [7, 11) is 1.65. The average molecular weight is 311 g/mol. The fraction of sp³-hybridized carbons (Fsp3) is 0.222. The minimum atomic E-state index is -0.591.